The van der Waals surface area contributed by atoms with E-state index in [4.69, 9.17) is 21.3 Å². The maximum Gasteiger partial charge on any atom is 0.177 e. The number of aromatic amines is 1. The fraction of sp³-hybridized carbons (Fsp3) is 0.429. The van der Waals surface area contributed by atoms with Crippen LogP contribution in [0.15, 0.2) is 36.5 Å². The van der Waals surface area contributed by atoms with Crippen LogP contribution in [0.25, 0.3) is 11.2 Å². The largest absolute Gasteiger partial charge is 0.492 e. The van der Waals surface area contributed by atoms with Gasteiger partial charge >= 0.3 is 0 Å². The molecule has 1 fully saturated rings. The number of pyridine rings is 1. The van der Waals surface area contributed by atoms with Crippen LogP contribution in [-0.4, -0.2) is 21.6 Å². The minimum atomic E-state index is 0.218. The van der Waals surface area contributed by atoms with Gasteiger partial charge in [-0.2, -0.15) is 0 Å². The number of hydrogen-bond donors (Lipinski definition) is 1. The molecule has 2 aliphatic rings. The minimum Gasteiger partial charge on any atom is -0.492 e. The number of hydrogen-bond acceptors (Lipinski definition) is 3. The molecule has 5 rings (SSSR count). The summed E-state index contributed by atoms with van der Waals surface area (Å²) in [6.45, 7) is 3.11. The first kappa shape index (κ1) is 16.1. The van der Waals surface area contributed by atoms with Crippen LogP contribution in [0.3, 0.4) is 0 Å². The highest BCUT2D eigenvalue weighted by Crippen LogP contribution is 2.50. The molecule has 0 bridgehead atoms. The molecule has 0 saturated heterocycles. The quantitative estimate of drug-likeness (QED) is 0.674. The second-order valence-electron chi connectivity index (χ2n) is 7.84. The zero-order valence-corrected chi connectivity index (χ0v) is 15.6. The van der Waals surface area contributed by atoms with Crippen molar-refractivity contribution in [1.82, 2.24) is 15.0 Å². The van der Waals surface area contributed by atoms with Gasteiger partial charge in [0.2, 0.25) is 0 Å². The van der Waals surface area contributed by atoms with Crippen molar-refractivity contribution in [2.45, 2.75) is 43.9 Å². The van der Waals surface area contributed by atoms with E-state index in [1.54, 1.807) is 6.20 Å². The van der Waals surface area contributed by atoms with E-state index in [2.05, 4.69) is 41.2 Å². The molecule has 0 amide bonds. The molecule has 1 atom stereocenters. The van der Waals surface area contributed by atoms with Gasteiger partial charge in [-0.15, -0.1) is 0 Å². The summed E-state index contributed by atoms with van der Waals surface area (Å²) in [5.41, 5.74) is 3.30. The molecule has 134 valence electrons. The fourth-order valence-electron chi connectivity index (χ4n) is 4.76. The number of halogens is 1. The number of H-pyrrole nitrogens is 1. The molecule has 2 aromatic heterocycles. The molecular formula is C21H22ClN3O. The van der Waals surface area contributed by atoms with Gasteiger partial charge in [-0.3, -0.25) is 0 Å². The van der Waals surface area contributed by atoms with Crippen LogP contribution in [0, 0.1) is 5.92 Å². The van der Waals surface area contributed by atoms with E-state index >= 15 is 0 Å². The van der Waals surface area contributed by atoms with E-state index < -0.39 is 0 Å². The number of nitrogens with one attached hydrogen (secondary N) is 1. The highest BCUT2D eigenvalue weighted by Gasteiger charge is 2.44. The van der Waals surface area contributed by atoms with Crippen LogP contribution in [0.2, 0.25) is 5.02 Å². The Labute approximate surface area is 158 Å². The highest BCUT2D eigenvalue weighted by molar-refractivity contribution is 6.31. The number of nitrogens with zero attached hydrogens (tertiary/aromatic N) is 2. The van der Waals surface area contributed by atoms with Crippen molar-refractivity contribution in [3.05, 3.63) is 52.9 Å². The van der Waals surface area contributed by atoms with Gasteiger partial charge < -0.3 is 9.72 Å². The van der Waals surface area contributed by atoms with E-state index in [0.29, 0.717) is 16.9 Å². The summed E-state index contributed by atoms with van der Waals surface area (Å²) in [5, 5.41) is 0.639. The molecule has 1 aliphatic heterocycles. The molecule has 3 aromatic rings. The summed E-state index contributed by atoms with van der Waals surface area (Å²) < 4.78 is 5.98. The molecule has 3 heterocycles. The lowest BCUT2D eigenvalue weighted by Crippen LogP contribution is -2.34. The van der Waals surface area contributed by atoms with Gasteiger partial charge in [-0.05, 0) is 43.7 Å². The number of ether oxygens (including phenoxy) is 1. The predicted octanol–water partition coefficient (Wildman–Crippen LogP) is 5.24. The summed E-state index contributed by atoms with van der Waals surface area (Å²) >= 11 is 6.04. The lowest BCUT2D eigenvalue weighted by molar-refractivity contribution is 0.169. The summed E-state index contributed by atoms with van der Waals surface area (Å²) in [6.07, 6.45) is 6.42. The third kappa shape index (κ3) is 2.50. The lowest BCUT2D eigenvalue weighted by atomic mass is 9.65. The Balaban J connectivity index is 1.35. The first-order chi connectivity index (χ1) is 12.6. The normalized spacial score (nSPS) is 26.0. The average molecular weight is 368 g/mol. The van der Waals surface area contributed by atoms with Gasteiger partial charge in [0.05, 0.1) is 17.1 Å². The monoisotopic (exact) mass is 367 g/mol. The number of para-hydroxylation sites is 1. The maximum absolute atomic E-state index is 6.04. The molecule has 0 unspecified atom stereocenters. The third-order valence-corrected chi connectivity index (χ3v) is 6.62. The van der Waals surface area contributed by atoms with Crippen LogP contribution < -0.4 is 4.74 Å². The maximum atomic E-state index is 6.04. The molecule has 4 nitrogen and oxygen atoms in total. The Morgan fingerprint density at radius 2 is 2.08 bits per heavy atom. The van der Waals surface area contributed by atoms with Gasteiger partial charge in [0.25, 0.3) is 0 Å². The number of imidazole rings is 1. The summed E-state index contributed by atoms with van der Waals surface area (Å²) in [7, 11) is 0. The van der Waals surface area contributed by atoms with Gasteiger partial charge in [0.15, 0.2) is 5.65 Å². The second-order valence-corrected chi connectivity index (χ2v) is 8.27. The Bertz CT molecular complexity index is 959. The van der Waals surface area contributed by atoms with Crippen molar-refractivity contribution >= 4 is 22.8 Å². The molecule has 1 spiro atoms. The highest BCUT2D eigenvalue weighted by atomic mass is 35.5. The standard InChI is InChI=1S/C21H22ClN3O/c1-13(19-24-17-10-15(22)11-23-20(17)25-19)14-6-8-21(9-7-14)12-26-18-5-3-2-4-16(18)21/h2-5,10-11,13-14H,6-9,12H2,1H3,(H,23,24,25)/t13-,14-,21+/m0/s1. The van der Waals surface area contributed by atoms with E-state index in [1.165, 1.54) is 31.2 Å². The van der Waals surface area contributed by atoms with Gasteiger partial charge in [-0.25, -0.2) is 9.97 Å². The number of fused-ring (bicyclic) bond motifs is 3. The first-order valence-electron chi connectivity index (χ1n) is 9.38. The summed E-state index contributed by atoms with van der Waals surface area (Å²) in [5.74, 6) is 3.13. The molecule has 1 N–H and O–H groups in total. The minimum absolute atomic E-state index is 0.218. The molecule has 26 heavy (non-hydrogen) atoms. The van der Waals surface area contributed by atoms with Crippen molar-refractivity contribution in [2.24, 2.45) is 5.92 Å². The Hall–Kier alpha value is -2.07. The van der Waals surface area contributed by atoms with Gasteiger partial charge in [0, 0.05) is 23.1 Å². The molecular weight excluding hydrogens is 346 g/mol. The van der Waals surface area contributed by atoms with E-state index in [-0.39, 0.29) is 5.41 Å². The van der Waals surface area contributed by atoms with Gasteiger partial charge in [-0.1, -0.05) is 36.7 Å². The van der Waals surface area contributed by atoms with Crippen molar-refractivity contribution in [1.29, 1.82) is 0 Å². The topological polar surface area (TPSA) is 50.8 Å². The van der Waals surface area contributed by atoms with Crippen molar-refractivity contribution in [2.75, 3.05) is 6.61 Å². The molecule has 1 aromatic carbocycles. The van der Waals surface area contributed by atoms with Gasteiger partial charge in [0.1, 0.15) is 11.6 Å². The number of rotatable bonds is 2. The lowest BCUT2D eigenvalue weighted by Gasteiger charge is -2.38. The molecule has 0 radical (unpaired) electrons. The van der Waals surface area contributed by atoms with Crippen molar-refractivity contribution in [3.8, 4) is 5.75 Å². The SMILES string of the molecule is C[C@H](c1nc2ncc(Cl)cc2[nH]1)[C@H]1CC[C@@]2(CC1)COc1ccccc12. The van der Waals surface area contributed by atoms with Crippen LogP contribution in [-0.2, 0) is 5.41 Å². The Kier molecular flexibility index (Phi) is 3.71. The number of benzene rings is 1. The fourth-order valence-corrected chi connectivity index (χ4v) is 4.92. The number of aromatic nitrogens is 3. The van der Waals surface area contributed by atoms with Crippen molar-refractivity contribution in [3.63, 3.8) is 0 Å². The van der Waals surface area contributed by atoms with E-state index in [0.717, 1.165) is 29.3 Å². The van der Waals surface area contributed by atoms with E-state index in [1.807, 2.05) is 6.07 Å². The zero-order chi connectivity index (χ0) is 17.7. The average Bonchev–Trinajstić information content (AvgIpc) is 3.24. The summed E-state index contributed by atoms with van der Waals surface area (Å²) in [6, 6.07) is 10.5. The van der Waals surface area contributed by atoms with Crippen LogP contribution in [0.1, 0.15) is 49.9 Å². The van der Waals surface area contributed by atoms with Crippen molar-refractivity contribution < 1.29 is 4.74 Å². The smallest absolute Gasteiger partial charge is 0.177 e. The summed E-state index contributed by atoms with van der Waals surface area (Å²) in [4.78, 5) is 12.5. The zero-order valence-electron chi connectivity index (χ0n) is 14.8. The Morgan fingerprint density at radius 1 is 1.27 bits per heavy atom. The molecule has 1 saturated carbocycles. The van der Waals surface area contributed by atoms with Crippen LogP contribution >= 0.6 is 11.6 Å². The molecule has 1 aliphatic carbocycles. The second kappa shape index (κ2) is 5.98. The molecule has 5 heteroatoms. The first-order valence-corrected chi connectivity index (χ1v) is 9.76. The third-order valence-electron chi connectivity index (χ3n) is 6.41. The van der Waals surface area contributed by atoms with Crippen LogP contribution in [0.4, 0.5) is 0 Å². The van der Waals surface area contributed by atoms with E-state index in [9.17, 15) is 0 Å². The predicted molar refractivity (Wildman–Crippen MR) is 103 cm³/mol. The Morgan fingerprint density at radius 3 is 2.92 bits per heavy atom. The van der Waals surface area contributed by atoms with Crippen LogP contribution in [0.5, 0.6) is 5.75 Å².